The van der Waals surface area contributed by atoms with E-state index in [0.717, 1.165) is 35.2 Å². The van der Waals surface area contributed by atoms with E-state index < -0.39 is 0 Å². The average molecular weight is 445 g/mol. The first-order valence-electron chi connectivity index (χ1n) is 13.2. The minimum absolute atomic E-state index is 0.246. The van der Waals surface area contributed by atoms with Crippen LogP contribution in [0.25, 0.3) is 0 Å². The van der Waals surface area contributed by atoms with Crippen LogP contribution in [0, 0.1) is 35.4 Å². The van der Waals surface area contributed by atoms with Gasteiger partial charge >= 0.3 is 0 Å². The van der Waals surface area contributed by atoms with Gasteiger partial charge in [0.1, 0.15) is 5.82 Å². The Morgan fingerprint density at radius 1 is 0.806 bits per heavy atom. The maximum atomic E-state index is 13.8. The fraction of sp³-hybridized carbons (Fsp3) is 0.724. The lowest BCUT2D eigenvalue weighted by molar-refractivity contribution is 0.151. The standard InChI is InChI=1S/C29H42ClF/c1-2-3-21-4-6-22(7-5-21)8-9-23-10-12-24(13-11-23)25-14-16-26(17-15-25)27-18-19-28(30)29(31)20-27/h2-3,18-26H,4-17H2,1H3/b3-2+. The predicted molar refractivity (Wildman–Crippen MR) is 131 cm³/mol. The Morgan fingerprint density at radius 2 is 1.35 bits per heavy atom. The monoisotopic (exact) mass is 444 g/mol. The summed E-state index contributed by atoms with van der Waals surface area (Å²) in [5.41, 5.74) is 1.16. The maximum Gasteiger partial charge on any atom is 0.142 e. The largest absolute Gasteiger partial charge is 0.205 e. The van der Waals surface area contributed by atoms with Crippen LogP contribution in [0.2, 0.25) is 5.02 Å². The molecule has 0 saturated heterocycles. The highest BCUT2D eigenvalue weighted by molar-refractivity contribution is 6.30. The maximum absolute atomic E-state index is 13.8. The first-order valence-corrected chi connectivity index (χ1v) is 13.6. The van der Waals surface area contributed by atoms with E-state index >= 15 is 0 Å². The zero-order chi connectivity index (χ0) is 21.6. The highest BCUT2D eigenvalue weighted by Crippen LogP contribution is 2.45. The van der Waals surface area contributed by atoms with E-state index in [1.165, 1.54) is 89.9 Å². The van der Waals surface area contributed by atoms with Crippen LogP contribution in [0.1, 0.15) is 108 Å². The van der Waals surface area contributed by atoms with Crippen LogP contribution >= 0.6 is 11.6 Å². The summed E-state index contributed by atoms with van der Waals surface area (Å²) in [6.45, 7) is 2.16. The molecule has 0 radical (unpaired) electrons. The number of halogens is 2. The van der Waals surface area contributed by atoms with Gasteiger partial charge in [-0.05, 0) is 124 Å². The molecule has 3 fully saturated rings. The lowest BCUT2D eigenvalue weighted by atomic mass is 9.67. The predicted octanol–water partition coefficient (Wildman–Crippen LogP) is 9.72. The highest BCUT2D eigenvalue weighted by Gasteiger charge is 2.31. The summed E-state index contributed by atoms with van der Waals surface area (Å²) in [6.07, 6.45) is 24.4. The fourth-order valence-corrected chi connectivity index (χ4v) is 7.17. The van der Waals surface area contributed by atoms with Crippen LogP contribution in [-0.2, 0) is 0 Å². The topological polar surface area (TPSA) is 0 Å². The molecule has 0 aliphatic heterocycles. The fourth-order valence-electron chi connectivity index (χ4n) is 7.05. The van der Waals surface area contributed by atoms with Crippen molar-refractivity contribution in [2.24, 2.45) is 29.6 Å². The first-order chi connectivity index (χ1) is 15.1. The summed E-state index contributed by atoms with van der Waals surface area (Å²) < 4.78 is 13.8. The van der Waals surface area contributed by atoms with Gasteiger partial charge < -0.3 is 0 Å². The summed E-state index contributed by atoms with van der Waals surface area (Å²) in [7, 11) is 0. The van der Waals surface area contributed by atoms with Crippen molar-refractivity contribution in [2.45, 2.75) is 103 Å². The van der Waals surface area contributed by atoms with Gasteiger partial charge in [0.05, 0.1) is 5.02 Å². The molecule has 3 saturated carbocycles. The number of rotatable bonds is 6. The molecule has 0 nitrogen and oxygen atoms in total. The number of allylic oxidation sites excluding steroid dienone is 2. The quantitative estimate of drug-likeness (QED) is 0.383. The molecular formula is C29H42ClF. The molecule has 2 heteroatoms. The second-order valence-electron chi connectivity index (χ2n) is 10.9. The number of hydrogen-bond donors (Lipinski definition) is 0. The minimum atomic E-state index is -0.259. The zero-order valence-corrected chi connectivity index (χ0v) is 20.3. The molecule has 0 atom stereocenters. The second-order valence-corrected chi connectivity index (χ2v) is 11.4. The Bertz CT molecular complexity index is 701. The van der Waals surface area contributed by atoms with Crippen molar-refractivity contribution < 1.29 is 4.39 Å². The molecule has 0 bridgehead atoms. The summed E-state index contributed by atoms with van der Waals surface area (Å²) in [5, 5.41) is 0.246. The highest BCUT2D eigenvalue weighted by atomic mass is 35.5. The average Bonchev–Trinajstić information content (AvgIpc) is 2.81. The molecule has 1 aromatic rings. The van der Waals surface area contributed by atoms with Crippen molar-refractivity contribution >= 4 is 11.6 Å². The van der Waals surface area contributed by atoms with Crippen LogP contribution in [0.3, 0.4) is 0 Å². The van der Waals surface area contributed by atoms with Gasteiger partial charge in [-0.25, -0.2) is 4.39 Å². The molecule has 0 aromatic heterocycles. The molecule has 0 heterocycles. The normalized spacial score (nSPS) is 34.8. The Hall–Kier alpha value is -0.820. The number of hydrogen-bond acceptors (Lipinski definition) is 0. The van der Waals surface area contributed by atoms with Crippen molar-refractivity contribution in [3.05, 3.63) is 46.8 Å². The van der Waals surface area contributed by atoms with Gasteiger partial charge in [-0.3, -0.25) is 0 Å². The van der Waals surface area contributed by atoms with Crippen LogP contribution in [0.4, 0.5) is 4.39 Å². The molecule has 0 N–H and O–H groups in total. The van der Waals surface area contributed by atoms with Crippen molar-refractivity contribution in [1.82, 2.24) is 0 Å². The Morgan fingerprint density at radius 3 is 1.90 bits per heavy atom. The smallest absolute Gasteiger partial charge is 0.142 e. The SMILES string of the molecule is C/C=C/C1CCC(CCC2CCC(C3CCC(c4ccc(Cl)c(F)c4)CC3)CC2)CC1. The molecule has 172 valence electrons. The van der Waals surface area contributed by atoms with Gasteiger partial charge in [-0.2, -0.15) is 0 Å². The van der Waals surface area contributed by atoms with Crippen molar-refractivity contribution in [3.8, 4) is 0 Å². The van der Waals surface area contributed by atoms with Crippen LogP contribution in [-0.4, -0.2) is 0 Å². The summed E-state index contributed by atoms with van der Waals surface area (Å²) in [5.74, 6) is 5.01. The molecule has 31 heavy (non-hydrogen) atoms. The molecule has 3 aliphatic carbocycles. The van der Waals surface area contributed by atoms with Gasteiger partial charge in [0.15, 0.2) is 0 Å². The minimum Gasteiger partial charge on any atom is -0.205 e. The molecule has 0 spiro atoms. The third-order valence-corrected chi connectivity index (χ3v) is 9.39. The van der Waals surface area contributed by atoms with E-state index in [0.29, 0.717) is 5.92 Å². The van der Waals surface area contributed by atoms with Gasteiger partial charge in [0.2, 0.25) is 0 Å². The van der Waals surface area contributed by atoms with Gasteiger partial charge in [-0.1, -0.05) is 55.5 Å². The molecule has 0 amide bonds. The van der Waals surface area contributed by atoms with Gasteiger partial charge in [-0.15, -0.1) is 0 Å². The van der Waals surface area contributed by atoms with E-state index in [-0.39, 0.29) is 10.8 Å². The summed E-state index contributed by atoms with van der Waals surface area (Å²) in [4.78, 5) is 0. The van der Waals surface area contributed by atoms with Gasteiger partial charge in [0, 0.05) is 0 Å². The third kappa shape index (κ3) is 6.37. The molecule has 0 unspecified atom stereocenters. The van der Waals surface area contributed by atoms with Crippen LogP contribution in [0.5, 0.6) is 0 Å². The van der Waals surface area contributed by atoms with Crippen molar-refractivity contribution in [2.75, 3.05) is 0 Å². The number of benzene rings is 1. The lowest BCUT2D eigenvalue weighted by Crippen LogP contribution is -2.25. The first kappa shape index (κ1) is 23.3. The second kappa shape index (κ2) is 11.4. The van der Waals surface area contributed by atoms with E-state index in [9.17, 15) is 4.39 Å². The van der Waals surface area contributed by atoms with E-state index in [2.05, 4.69) is 19.1 Å². The third-order valence-electron chi connectivity index (χ3n) is 9.08. The lowest BCUT2D eigenvalue weighted by Gasteiger charge is -2.38. The zero-order valence-electron chi connectivity index (χ0n) is 19.5. The van der Waals surface area contributed by atoms with E-state index in [1.807, 2.05) is 6.07 Å². The Kier molecular flexibility index (Phi) is 8.55. The van der Waals surface area contributed by atoms with E-state index in [1.54, 1.807) is 12.1 Å². The van der Waals surface area contributed by atoms with Gasteiger partial charge in [0.25, 0.3) is 0 Å². The van der Waals surface area contributed by atoms with Crippen molar-refractivity contribution in [1.29, 1.82) is 0 Å². The summed E-state index contributed by atoms with van der Waals surface area (Å²) in [6, 6.07) is 5.44. The molecule has 1 aromatic carbocycles. The van der Waals surface area contributed by atoms with Crippen LogP contribution < -0.4 is 0 Å². The molecule has 4 rings (SSSR count). The van der Waals surface area contributed by atoms with E-state index in [4.69, 9.17) is 11.6 Å². The molecule has 3 aliphatic rings. The van der Waals surface area contributed by atoms with Crippen LogP contribution in [0.15, 0.2) is 30.4 Å². The summed E-state index contributed by atoms with van der Waals surface area (Å²) >= 11 is 5.86. The van der Waals surface area contributed by atoms with Crippen molar-refractivity contribution in [3.63, 3.8) is 0 Å². The Balaban J connectivity index is 1.14. The molecular weight excluding hydrogens is 403 g/mol. The Labute approximate surface area is 195 Å².